The van der Waals surface area contributed by atoms with Crippen molar-refractivity contribution in [2.75, 3.05) is 30.8 Å². The Morgan fingerprint density at radius 3 is 2.65 bits per heavy atom. The second-order valence-electron chi connectivity index (χ2n) is 6.89. The predicted molar refractivity (Wildman–Crippen MR) is 96.4 cm³/mol. The van der Waals surface area contributed by atoms with Crippen molar-refractivity contribution < 1.29 is 9.47 Å². The van der Waals surface area contributed by atoms with Crippen LogP contribution in [-0.4, -0.2) is 30.5 Å². The number of pyridine rings is 1. The summed E-state index contributed by atoms with van der Waals surface area (Å²) in [5.41, 5.74) is 8.48. The molecule has 124 valence electrons. The molecule has 0 bridgehead atoms. The van der Waals surface area contributed by atoms with E-state index in [9.17, 15) is 0 Å². The number of halogens is 1. The Bertz CT molecular complexity index is 723. The number of nitrogens with two attached hydrogens (primary N) is 1. The normalized spacial score (nSPS) is 19.7. The minimum Gasteiger partial charge on any atom is -0.396 e. The molecule has 2 heterocycles. The van der Waals surface area contributed by atoms with Crippen LogP contribution in [0.25, 0.3) is 10.9 Å². The highest BCUT2D eigenvalue weighted by molar-refractivity contribution is 9.10. The zero-order chi connectivity index (χ0) is 16.7. The zero-order valence-electron chi connectivity index (χ0n) is 13.6. The molecule has 1 aliphatic heterocycles. The summed E-state index contributed by atoms with van der Waals surface area (Å²) in [6.45, 7) is 8.01. The van der Waals surface area contributed by atoms with Gasteiger partial charge in [0.1, 0.15) is 0 Å². The lowest BCUT2D eigenvalue weighted by atomic mass is 9.91. The van der Waals surface area contributed by atoms with Gasteiger partial charge in [0.2, 0.25) is 0 Å². The maximum Gasteiger partial charge on any atom is 0.162 e. The van der Waals surface area contributed by atoms with E-state index in [4.69, 9.17) is 15.2 Å². The van der Waals surface area contributed by atoms with Gasteiger partial charge in [-0.3, -0.25) is 4.98 Å². The first-order chi connectivity index (χ1) is 10.8. The van der Waals surface area contributed by atoms with Gasteiger partial charge in [-0.1, -0.05) is 22.9 Å². The van der Waals surface area contributed by atoms with E-state index in [1.54, 1.807) is 6.20 Å². The van der Waals surface area contributed by atoms with Crippen LogP contribution >= 0.6 is 15.9 Å². The van der Waals surface area contributed by atoms with E-state index >= 15 is 0 Å². The average molecular weight is 380 g/mol. The Hall–Kier alpha value is -1.37. The van der Waals surface area contributed by atoms with Crippen molar-refractivity contribution in [2.45, 2.75) is 26.6 Å². The van der Waals surface area contributed by atoms with Crippen LogP contribution in [0.4, 0.5) is 11.4 Å². The molecular weight excluding hydrogens is 358 g/mol. The molecule has 1 aromatic heterocycles. The number of anilines is 2. The number of rotatable bonds is 3. The lowest BCUT2D eigenvalue weighted by Gasteiger charge is -2.41. The molecule has 1 aromatic carbocycles. The summed E-state index contributed by atoms with van der Waals surface area (Å²) in [7, 11) is 0. The van der Waals surface area contributed by atoms with Gasteiger partial charge >= 0.3 is 0 Å². The monoisotopic (exact) mass is 379 g/mol. The maximum atomic E-state index is 6.13. The minimum absolute atomic E-state index is 0.104. The molecular formula is C17H22BrN3O2. The quantitative estimate of drug-likeness (QED) is 0.848. The summed E-state index contributed by atoms with van der Waals surface area (Å²) in [6.07, 6.45) is 1.69. The number of aromatic nitrogens is 1. The van der Waals surface area contributed by atoms with Gasteiger partial charge in [0, 0.05) is 21.8 Å². The Kier molecular flexibility index (Phi) is 4.25. The summed E-state index contributed by atoms with van der Waals surface area (Å²) in [5, 5.41) is 4.48. The first-order valence-electron chi connectivity index (χ1n) is 7.64. The SMILES string of the molecule is CC1(CNc2c(N)cnc3cc(Br)ccc23)COC(C)(C)OC1. The van der Waals surface area contributed by atoms with Gasteiger partial charge in [-0.2, -0.15) is 0 Å². The van der Waals surface area contributed by atoms with Gasteiger partial charge in [-0.15, -0.1) is 0 Å². The molecule has 0 saturated carbocycles. The summed E-state index contributed by atoms with van der Waals surface area (Å²) in [6, 6.07) is 5.99. The van der Waals surface area contributed by atoms with Crippen molar-refractivity contribution in [3.05, 3.63) is 28.9 Å². The van der Waals surface area contributed by atoms with Gasteiger partial charge in [0.25, 0.3) is 0 Å². The van der Waals surface area contributed by atoms with Gasteiger partial charge in [-0.05, 0) is 32.0 Å². The average Bonchev–Trinajstić information content (AvgIpc) is 2.50. The van der Waals surface area contributed by atoms with Gasteiger partial charge in [-0.25, -0.2) is 0 Å². The van der Waals surface area contributed by atoms with Crippen LogP contribution in [-0.2, 0) is 9.47 Å². The highest BCUT2D eigenvalue weighted by Crippen LogP contribution is 2.33. The molecule has 5 nitrogen and oxygen atoms in total. The maximum absolute atomic E-state index is 6.13. The molecule has 1 aliphatic rings. The number of nitrogens with one attached hydrogen (secondary N) is 1. The molecule has 0 atom stereocenters. The summed E-state index contributed by atoms with van der Waals surface area (Å²) < 4.78 is 12.6. The van der Waals surface area contributed by atoms with Crippen LogP contribution in [0.2, 0.25) is 0 Å². The molecule has 0 unspecified atom stereocenters. The lowest BCUT2D eigenvalue weighted by Crippen LogP contribution is -2.48. The molecule has 23 heavy (non-hydrogen) atoms. The molecule has 1 fully saturated rings. The smallest absolute Gasteiger partial charge is 0.162 e. The number of benzene rings is 1. The van der Waals surface area contributed by atoms with Crippen LogP contribution in [0.1, 0.15) is 20.8 Å². The van der Waals surface area contributed by atoms with E-state index in [2.05, 4.69) is 33.2 Å². The third-order valence-electron chi connectivity index (χ3n) is 4.09. The molecule has 3 rings (SSSR count). The Labute approximate surface area is 144 Å². The van der Waals surface area contributed by atoms with E-state index in [1.165, 1.54) is 0 Å². The summed E-state index contributed by atoms with van der Waals surface area (Å²) >= 11 is 3.47. The van der Waals surface area contributed by atoms with Crippen molar-refractivity contribution in [2.24, 2.45) is 5.41 Å². The molecule has 6 heteroatoms. The van der Waals surface area contributed by atoms with Crippen molar-refractivity contribution in [1.82, 2.24) is 4.98 Å². The fourth-order valence-electron chi connectivity index (χ4n) is 2.56. The molecule has 0 spiro atoms. The van der Waals surface area contributed by atoms with Crippen molar-refractivity contribution in [1.29, 1.82) is 0 Å². The van der Waals surface area contributed by atoms with Crippen LogP contribution in [0.5, 0.6) is 0 Å². The van der Waals surface area contributed by atoms with Crippen LogP contribution < -0.4 is 11.1 Å². The first-order valence-corrected chi connectivity index (χ1v) is 8.43. The first kappa shape index (κ1) is 16.5. The molecule has 0 radical (unpaired) electrons. The Morgan fingerprint density at radius 1 is 1.26 bits per heavy atom. The molecule has 0 amide bonds. The Balaban J connectivity index is 1.81. The van der Waals surface area contributed by atoms with E-state index in [0.29, 0.717) is 25.4 Å². The van der Waals surface area contributed by atoms with Crippen LogP contribution in [0, 0.1) is 5.41 Å². The number of nitrogens with zero attached hydrogens (tertiary/aromatic N) is 1. The second kappa shape index (κ2) is 5.92. The number of nitrogen functional groups attached to an aromatic ring is 1. The minimum atomic E-state index is -0.506. The van der Waals surface area contributed by atoms with E-state index < -0.39 is 5.79 Å². The standard InChI is InChI=1S/C17H22BrN3O2/c1-16(2)22-9-17(3,10-23-16)8-21-15-12-5-4-11(18)6-14(12)20-7-13(15)19/h4-7H,8-10,19H2,1-3H3,(H,20,21). The number of hydrogen-bond donors (Lipinski definition) is 2. The fourth-order valence-corrected chi connectivity index (χ4v) is 2.91. The lowest BCUT2D eigenvalue weighted by molar-refractivity contribution is -0.279. The van der Waals surface area contributed by atoms with Gasteiger partial charge in [0.15, 0.2) is 5.79 Å². The van der Waals surface area contributed by atoms with Gasteiger partial charge < -0.3 is 20.5 Å². The summed E-state index contributed by atoms with van der Waals surface area (Å²) in [5.74, 6) is -0.506. The fraction of sp³-hybridized carbons (Fsp3) is 0.471. The third-order valence-corrected chi connectivity index (χ3v) is 4.58. The molecule has 1 saturated heterocycles. The largest absolute Gasteiger partial charge is 0.396 e. The van der Waals surface area contributed by atoms with Gasteiger partial charge in [0.05, 0.1) is 36.3 Å². The Morgan fingerprint density at radius 2 is 1.96 bits per heavy atom. The number of fused-ring (bicyclic) bond motifs is 1. The topological polar surface area (TPSA) is 69.4 Å². The van der Waals surface area contributed by atoms with Crippen molar-refractivity contribution >= 4 is 38.2 Å². The number of hydrogen-bond acceptors (Lipinski definition) is 5. The highest BCUT2D eigenvalue weighted by Gasteiger charge is 2.36. The van der Waals surface area contributed by atoms with E-state index in [0.717, 1.165) is 21.1 Å². The van der Waals surface area contributed by atoms with Crippen molar-refractivity contribution in [3.8, 4) is 0 Å². The zero-order valence-corrected chi connectivity index (χ0v) is 15.2. The molecule has 2 aromatic rings. The van der Waals surface area contributed by atoms with E-state index in [1.807, 2.05) is 32.0 Å². The third kappa shape index (κ3) is 3.59. The second-order valence-corrected chi connectivity index (χ2v) is 7.81. The van der Waals surface area contributed by atoms with E-state index in [-0.39, 0.29) is 5.41 Å². The highest BCUT2D eigenvalue weighted by atomic mass is 79.9. The van der Waals surface area contributed by atoms with Crippen LogP contribution in [0.3, 0.4) is 0 Å². The number of ether oxygens (including phenoxy) is 2. The van der Waals surface area contributed by atoms with Crippen LogP contribution in [0.15, 0.2) is 28.9 Å². The molecule has 0 aliphatic carbocycles. The molecule has 3 N–H and O–H groups in total. The summed E-state index contributed by atoms with van der Waals surface area (Å²) in [4.78, 5) is 4.39. The predicted octanol–water partition coefficient (Wildman–Crippen LogP) is 3.78. The van der Waals surface area contributed by atoms with Crippen molar-refractivity contribution in [3.63, 3.8) is 0 Å².